The Kier molecular flexibility index (Phi) is 7.18. The molecule has 2 aromatic rings. The van der Waals surface area contributed by atoms with E-state index < -0.39 is 11.8 Å². The summed E-state index contributed by atoms with van der Waals surface area (Å²) in [6, 6.07) is 13.8. The number of carbonyl (C=O) groups is 2. The number of amides is 2. The van der Waals surface area contributed by atoms with Crippen molar-refractivity contribution in [1.82, 2.24) is 10.2 Å². The van der Waals surface area contributed by atoms with Crippen molar-refractivity contribution in [3.8, 4) is 0 Å². The molecule has 28 heavy (non-hydrogen) atoms. The van der Waals surface area contributed by atoms with Crippen molar-refractivity contribution in [2.24, 2.45) is 0 Å². The second-order valence-electron chi connectivity index (χ2n) is 7.38. The van der Waals surface area contributed by atoms with Gasteiger partial charge in [0.2, 0.25) is 0 Å². The smallest absolute Gasteiger partial charge is 0.313 e. The first-order valence-electron chi connectivity index (χ1n) is 9.29. The van der Waals surface area contributed by atoms with Gasteiger partial charge < -0.3 is 20.4 Å². The molecule has 6 heteroatoms. The summed E-state index contributed by atoms with van der Waals surface area (Å²) in [5.74, 6) is -1.30. The Balaban J connectivity index is 2.01. The van der Waals surface area contributed by atoms with Crippen molar-refractivity contribution < 1.29 is 9.59 Å². The van der Waals surface area contributed by atoms with E-state index in [1.165, 1.54) is 0 Å². The molecule has 0 radical (unpaired) electrons. The standard InChI is InChI=1S/C22H30N4O2/c1-15-8-7-9-19(16(15)2)24-22(28)21(27)23-14-20(26(5)6)17-10-12-18(13-11-17)25(3)4/h7-13,20H,14H2,1-6H3,(H,23,27)(H,24,28). The Morgan fingerprint density at radius 2 is 1.57 bits per heavy atom. The Labute approximate surface area is 167 Å². The van der Waals surface area contributed by atoms with Crippen LogP contribution in [0, 0.1) is 13.8 Å². The number of likely N-dealkylation sites (N-methyl/N-ethyl adjacent to an activating group) is 1. The predicted molar refractivity (Wildman–Crippen MR) is 115 cm³/mol. The van der Waals surface area contributed by atoms with Gasteiger partial charge in [-0.2, -0.15) is 0 Å². The van der Waals surface area contributed by atoms with E-state index in [0.29, 0.717) is 12.2 Å². The van der Waals surface area contributed by atoms with Gasteiger partial charge in [-0.1, -0.05) is 24.3 Å². The first-order valence-corrected chi connectivity index (χ1v) is 9.29. The van der Waals surface area contributed by atoms with Gasteiger partial charge in [-0.05, 0) is 62.8 Å². The van der Waals surface area contributed by atoms with Gasteiger partial charge in [-0.15, -0.1) is 0 Å². The third kappa shape index (κ3) is 5.33. The average molecular weight is 383 g/mol. The van der Waals surface area contributed by atoms with Crippen LogP contribution in [0.5, 0.6) is 0 Å². The van der Waals surface area contributed by atoms with Gasteiger partial charge in [-0.3, -0.25) is 9.59 Å². The molecule has 2 rings (SSSR count). The summed E-state index contributed by atoms with van der Waals surface area (Å²) in [6.45, 7) is 4.23. The number of rotatable bonds is 6. The molecule has 0 aliphatic heterocycles. The second kappa shape index (κ2) is 9.37. The fourth-order valence-corrected chi connectivity index (χ4v) is 2.93. The fraction of sp³-hybridized carbons (Fsp3) is 0.364. The van der Waals surface area contributed by atoms with Crippen LogP contribution in [-0.4, -0.2) is 51.4 Å². The van der Waals surface area contributed by atoms with E-state index in [4.69, 9.17) is 0 Å². The lowest BCUT2D eigenvalue weighted by molar-refractivity contribution is -0.136. The van der Waals surface area contributed by atoms with Gasteiger partial charge in [0.15, 0.2) is 0 Å². The molecule has 0 saturated heterocycles. The third-order valence-corrected chi connectivity index (χ3v) is 4.93. The molecule has 2 N–H and O–H groups in total. The van der Waals surface area contributed by atoms with E-state index in [9.17, 15) is 9.59 Å². The molecule has 0 spiro atoms. The molecule has 150 valence electrons. The average Bonchev–Trinajstić information content (AvgIpc) is 2.65. The quantitative estimate of drug-likeness (QED) is 0.754. The first kappa shape index (κ1) is 21.4. The maximum atomic E-state index is 12.3. The van der Waals surface area contributed by atoms with Crippen LogP contribution >= 0.6 is 0 Å². The second-order valence-corrected chi connectivity index (χ2v) is 7.38. The molecule has 2 amide bonds. The minimum absolute atomic E-state index is 0.0336. The zero-order chi connectivity index (χ0) is 20.8. The molecule has 0 fully saturated rings. The number of hydrogen-bond donors (Lipinski definition) is 2. The lowest BCUT2D eigenvalue weighted by Gasteiger charge is -2.25. The molecule has 1 atom stereocenters. The van der Waals surface area contributed by atoms with Crippen LogP contribution in [0.25, 0.3) is 0 Å². The van der Waals surface area contributed by atoms with Gasteiger partial charge in [0.1, 0.15) is 0 Å². The summed E-state index contributed by atoms with van der Waals surface area (Å²) in [5, 5.41) is 5.44. The van der Waals surface area contributed by atoms with E-state index in [1.807, 2.05) is 88.2 Å². The summed E-state index contributed by atoms with van der Waals surface area (Å²) in [7, 11) is 7.89. The predicted octanol–water partition coefficient (Wildman–Crippen LogP) is 2.73. The Bertz CT molecular complexity index is 829. The molecular formula is C22H30N4O2. The zero-order valence-corrected chi connectivity index (χ0v) is 17.5. The molecule has 0 aromatic heterocycles. The Hall–Kier alpha value is -2.86. The maximum Gasteiger partial charge on any atom is 0.313 e. The van der Waals surface area contributed by atoms with Crippen LogP contribution in [0.1, 0.15) is 22.7 Å². The van der Waals surface area contributed by atoms with Gasteiger partial charge in [0, 0.05) is 32.0 Å². The third-order valence-electron chi connectivity index (χ3n) is 4.93. The fourth-order valence-electron chi connectivity index (χ4n) is 2.93. The number of hydrogen-bond acceptors (Lipinski definition) is 4. The summed E-state index contributed by atoms with van der Waals surface area (Å²) < 4.78 is 0. The van der Waals surface area contributed by atoms with Crippen molar-refractivity contribution in [2.45, 2.75) is 19.9 Å². The van der Waals surface area contributed by atoms with Crippen LogP contribution in [0.3, 0.4) is 0 Å². The van der Waals surface area contributed by atoms with Crippen LogP contribution < -0.4 is 15.5 Å². The highest BCUT2D eigenvalue weighted by Crippen LogP contribution is 2.21. The maximum absolute atomic E-state index is 12.3. The molecule has 0 saturated carbocycles. The molecule has 0 bridgehead atoms. The monoisotopic (exact) mass is 382 g/mol. The highest BCUT2D eigenvalue weighted by Gasteiger charge is 2.19. The molecule has 0 aliphatic rings. The summed E-state index contributed by atoms with van der Waals surface area (Å²) in [6.07, 6.45) is 0. The van der Waals surface area contributed by atoms with E-state index in [-0.39, 0.29) is 6.04 Å². The molecule has 0 heterocycles. The molecule has 1 unspecified atom stereocenters. The highest BCUT2D eigenvalue weighted by molar-refractivity contribution is 6.39. The van der Waals surface area contributed by atoms with Crippen LogP contribution in [0.15, 0.2) is 42.5 Å². The van der Waals surface area contributed by atoms with Gasteiger partial charge in [-0.25, -0.2) is 0 Å². The lowest BCUT2D eigenvalue weighted by Crippen LogP contribution is -2.40. The molecule has 0 aliphatic carbocycles. The number of carbonyl (C=O) groups excluding carboxylic acids is 2. The molecule has 2 aromatic carbocycles. The van der Waals surface area contributed by atoms with Gasteiger partial charge >= 0.3 is 11.8 Å². The van der Waals surface area contributed by atoms with Crippen LogP contribution in [-0.2, 0) is 9.59 Å². The first-order chi connectivity index (χ1) is 13.2. The van der Waals surface area contributed by atoms with Crippen LogP contribution in [0.4, 0.5) is 11.4 Å². The van der Waals surface area contributed by atoms with Gasteiger partial charge in [0.05, 0.1) is 6.04 Å². The van der Waals surface area contributed by atoms with Crippen molar-refractivity contribution in [3.05, 3.63) is 59.2 Å². The highest BCUT2D eigenvalue weighted by atomic mass is 16.2. The number of nitrogens with zero attached hydrogens (tertiary/aromatic N) is 2. The van der Waals surface area contributed by atoms with Crippen molar-refractivity contribution in [2.75, 3.05) is 45.0 Å². The largest absolute Gasteiger partial charge is 0.378 e. The number of aryl methyl sites for hydroxylation is 1. The Morgan fingerprint density at radius 1 is 0.929 bits per heavy atom. The summed E-state index contributed by atoms with van der Waals surface area (Å²) in [4.78, 5) is 28.6. The minimum atomic E-state index is -0.658. The van der Waals surface area contributed by atoms with Crippen molar-refractivity contribution in [1.29, 1.82) is 0 Å². The SMILES string of the molecule is Cc1cccc(NC(=O)C(=O)NCC(c2ccc(N(C)C)cc2)N(C)C)c1C. The van der Waals surface area contributed by atoms with Crippen molar-refractivity contribution in [3.63, 3.8) is 0 Å². The van der Waals surface area contributed by atoms with E-state index >= 15 is 0 Å². The summed E-state index contributed by atoms with van der Waals surface area (Å²) >= 11 is 0. The molecular weight excluding hydrogens is 352 g/mol. The summed E-state index contributed by atoms with van der Waals surface area (Å²) in [5.41, 5.74) is 4.86. The molecule has 6 nitrogen and oxygen atoms in total. The zero-order valence-electron chi connectivity index (χ0n) is 17.5. The topological polar surface area (TPSA) is 64.7 Å². The normalized spacial score (nSPS) is 11.8. The number of nitrogens with one attached hydrogen (secondary N) is 2. The number of anilines is 2. The Morgan fingerprint density at radius 3 is 2.14 bits per heavy atom. The van der Waals surface area contributed by atoms with E-state index in [1.54, 1.807) is 6.07 Å². The minimum Gasteiger partial charge on any atom is -0.378 e. The number of benzene rings is 2. The lowest BCUT2D eigenvalue weighted by atomic mass is 10.1. The van der Waals surface area contributed by atoms with E-state index in [2.05, 4.69) is 10.6 Å². The van der Waals surface area contributed by atoms with Crippen LogP contribution in [0.2, 0.25) is 0 Å². The van der Waals surface area contributed by atoms with Gasteiger partial charge in [0.25, 0.3) is 0 Å². The van der Waals surface area contributed by atoms with Crippen molar-refractivity contribution >= 4 is 23.2 Å². The van der Waals surface area contributed by atoms with E-state index in [0.717, 1.165) is 22.4 Å².